The second kappa shape index (κ2) is 9.14. The molecule has 0 heterocycles. The Morgan fingerprint density at radius 3 is 2.52 bits per heavy atom. The van der Waals surface area contributed by atoms with Crippen LogP contribution in [0.1, 0.15) is 67.2 Å². The number of hydrogen-bond acceptors (Lipinski definition) is 1. The van der Waals surface area contributed by atoms with E-state index in [1.54, 1.807) is 0 Å². The Balaban J connectivity index is 2.64. The van der Waals surface area contributed by atoms with E-state index >= 15 is 0 Å². The van der Waals surface area contributed by atoms with Crippen LogP contribution in [0.3, 0.4) is 0 Å². The number of urea groups is 1. The van der Waals surface area contributed by atoms with Crippen molar-refractivity contribution in [3.63, 3.8) is 0 Å². The first-order valence-corrected chi connectivity index (χ1v) is 9.22. The largest absolute Gasteiger partial charge is 0.332 e. The summed E-state index contributed by atoms with van der Waals surface area (Å²) in [5.74, 6) is 0.470. The van der Waals surface area contributed by atoms with Crippen LogP contribution < -0.4 is 5.32 Å². The first-order valence-electron chi connectivity index (χ1n) is 9.22. The Labute approximate surface area is 143 Å². The molecule has 23 heavy (non-hydrogen) atoms. The molecule has 0 bridgehead atoms. The van der Waals surface area contributed by atoms with Crippen LogP contribution in [0.5, 0.6) is 0 Å². The van der Waals surface area contributed by atoms with Crippen LogP contribution in [0.25, 0.3) is 0 Å². The maximum absolute atomic E-state index is 12.3. The smallest absolute Gasteiger partial charge is 0.317 e. The number of hydrogen-bond donors (Lipinski definition) is 1. The first kappa shape index (κ1) is 19.8. The number of rotatable bonds is 7. The van der Waals surface area contributed by atoms with Gasteiger partial charge in [0.2, 0.25) is 0 Å². The maximum Gasteiger partial charge on any atom is 0.317 e. The van der Waals surface area contributed by atoms with Crippen LogP contribution in [0, 0.1) is 11.3 Å². The molecule has 2 amide bonds. The van der Waals surface area contributed by atoms with Crippen molar-refractivity contribution in [3.8, 4) is 0 Å². The maximum atomic E-state index is 12.3. The van der Waals surface area contributed by atoms with Gasteiger partial charge in [-0.3, -0.25) is 0 Å². The van der Waals surface area contributed by atoms with Crippen LogP contribution in [-0.4, -0.2) is 30.1 Å². The van der Waals surface area contributed by atoms with E-state index in [9.17, 15) is 4.79 Å². The van der Waals surface area contributed by atoms with Gasteiger partial charge < -0.3 is 10.2 Å². The van der Waals surface area contributed by atoms with E-state index in [1.807, 2.05) is 4.90 Å². The highest BCUT2D eigenvalue weighted by atomic mass is 16.2. The van der Waals surface area contributed by atoms with Crippen molar-refractivity contribution in [3.05, 3.63) is 23.8 Å². The van der Waals surface area contributed by atoms with Gasteiger partial charge in [0.05, 0.1) is 0 Å². The standard InChI is InChI=1S/C20H36N2O/c1-7-14-22(15-8-2)19(23)21-17(4)11-12-18-16(3)10-9-13-20(18,5)6/h10-12,17-18H,7-9,13-15H2,1-6H3,(H,21,23)/b12-11+. The van der Waals surface area contributed by atoms with Gasteiger partial charge in [-0.15, -0.1) is 0 Å². The number of carbonyl (C=O) groups excluding carboxylic acids is 1. The third kappa shape index (κ3) is 6.04. The van der Waals surface area contributed by atoms with E-state index < -0.39 is 0 Å². The first-order chi connectivity index (χ1) is 10.8. The van der Waals surface area contributed by atoms with Gasteiger partial charge >= 0.3 is 6.03 Å². The predicted octanol–water partition coefficient (Wildman–Crippen LogP) is 5.15. The highest BCUT2D eigenvalue weighted by molar-refractivity contribution is 5.74. The lowest BCUT2D eigenvalue weighted by Crippen LogP contribution is -2.44. The molecule has 0 aromatic heterocycles. The highest BCUT2D eigenvalue weighted by Crippen LogP contribution is 2.41. The van der Waals surface area contributed by atoms with E-state index in [4.69, 9.17) is 0 Å². The molecule has 0 aromatic rings. The normalized spacial score (nSPS) is 21.8. The lowest BCUT2D eigenvalue weighted by Gasteiger charge is -2.37. The minimum absolute atomic E-state index is 0.0565. The summed E-state index contributed by atoms with van der Waals surface area (Å²) in [4.78, 5) is 14.3. The van der Waals surface area contributed by atoms with Gasteiger partial charge in [-0.05, 0) is 44.9 Å². The number of nitrogens with one attached hydrogen (secondary N) is 1. The van der Waals surface area contributed by atoms with Crippen LogP contribution in [0.15, 0.2) is 23.8 Å². The van der Waals surface area contributed by atoms with Gasteiger partial charge in [0.15, 0.2) is 0 Å². The van der Waals surface area contributed by atoms with E-state index in [-0.39, 0.29) is 12.1 Å². The van der Waals surface area contributed by atoms with E-state index in [1.165, 1.54) is 18.4 Å². The lowest BCUT2D eigenvalue weighted by atomic mass is 9.68. The average molecular weight is 321 g/mol. The number of carbonyl (C=O) groups is 1. The molecule has 0 radical (unpaired) electrons. The molecule has 2 unspecified atom stereocenters. The highest BCUT2D eigenvalue weighted by Gasteiger charge is 2.30. The molecule has 0 fully saturated rings. The summed E-state index contributed by atoms with van der Waals surface area (Å²) >= 11 is 0. The van der Waals surface area contributed by atoms with E-state index in [0.717, 1.165) is 25.9 Å². The quantitative estimate of drug-likeness (QED) is 0.647. The predicted molar refractivity (Wildman–Crippen MR) is 99.6 cm³/mol. The topological polar surface area (TPSA) is 32.3 Å². The SMILES string of the molecule is CCCN(CCC)C(=O)NC(C)/C=C/C1C(C)=CCCC1(C)C. The summed E-state index contributed by atoms with van der Waals surface area (Å²) < 4.78 is 0. The molecule has 0 saturated carbocycles. The summed E-state index contributed by atoms with van der Waals surface area (Å²) in [6.45, 7) is 14.8. The number of nitrogens with zero attached hydrogens (tertiary/aromatic N) is 1. The van der Waals surface area contributed by atoms with Crippen LogP contribution in [0.4, 0.5) is 4.79 Å². The lowest BCUT2D eigenvalue weighted by molar-refractivity contribution is 0.196. The van der Waals surface area contributed by atoms with Crippen molar-refractivity contribution in [2.45, 2.75) is 73.3 Å². The summed E-state index contributed by atoms with van der Waals surface area (Å²) in [5.41, 5.74) is 1.75. The van der Waals surface area contributed by atoms with Crippen molar-refractivity contribution in [2.75, 3.05) is 13.1 Å². The Morgan fingerprint density at radius 2 is 2.00 bits per heavy atom. The zero-order valence-electron chi connectivity index (χ0n) is 16.0. The molecule has 1 aliphatic rings. The zero-order chi connectivity index (χ0) is 17.5. The number of allylic oxidation sites excluding steroid dienone is 3. The molecule has 2 atom stereocenters. The van der Waals surface area contributed by atoms with Gasteiger partial charge in [0.1, 0.15) is 0 Å². The van der Waals surface area contributed by atoms with Gasteiger partial charge in [0, 0.05) is 25.0 Å². The Morgan fingerprint density at radius 1 is 1.39 bits per heavy atom. The zero-order valence-corrected chi connectivity index (χ0v) is 16.0. The molecular formula is C20H36N2O. The van der Waals surface area contributed by atoms with Crippen LogP contribution in [-0.2, 0) is 0 Å². The third-order valence-electron chi connectivity index (χ3n) is 4.81. The van der Waals surface area contributed by atoms with Gasteiger partial charge in [-0.1, -0.05) is 51.5 Å². The molecule has 1 N–H and O–H groups in total. The van der Waals surface area contributed by atoms with Gasteiger partial charge in [-0.2, -0.15) is 0 Å². The van der Waals surface area contributed by atoms with Crippen molar-refractivity contribution < 1.29 is 4.79 Å². The molecule has 0 spiro atoms. The van der Waals surface area contributed by atoms with Crippen molar-refractivity contribution >= 4 is 6.03 Å². The fourth-order valence-electron chi connectivity index (χ4n) is 3.45. The average Bonchev–Trinajstić information content (AvgIpc) is 2.45. The van der Waals surface area contributed by atoms with E-state index in [0.29, 0.717) is 11.3 Å². The molecule has 0 saturated heterocycles. The monoisotopic (exact) mass is 320 g/mol. The second-order valence-electron chi connectivity index (χ2n) is 7.56. The Bertz CT molecular complexity index is 431. The molecule has 3 nitrogen and oxygen atoms in total. The minimum Gasteiger partial charge on any atom is -0.332 e. The molecule has 0 aliphatic heterocycles. The fraction of sp³-hybridized carbons (Fsp3) is 0.750. The van der Waals surface area contributed by atoms with Crippen LogP contribution in [0.2, 0.25) is 0 Å². The minimum atomic E-state index is 0.0565. The van der Waals surface area contributed by atoms with Crippen molar-refractivity contribution in [1.82, 2.24) is 10.2 Å². The van der Waals surface area contributed by atoms with E-state index in [2.05, 4.69) is 65.1 Å². The van der Waals surface area contributed by atoms with Gasteiger partial charge in [-0.25, -0.2) is 4.79 Å². The molecule has 0 aromatic carbocycles. The summed E-state index contributed by atoms with van der Waals surface area (Å²) in [6.07, 6.45) is 11.2. The van der Waals surface area contributed by atoms with Crippen LogP contribution >= 0.6 is 0 Å². The van der Waals surface area contributed by atoms with Gasteiger partial charge in [0.25, 0.3) is 0 Å². The molecule has 132 valence electrons. The van der Waals surface area contributed by atoms with Crippen molar-refractivity contribution in [2.24, 2.45) is 11.3 Å². The van der Waals surface area contributed by atoms with Crippen molar-refractivity contribution in [1.29, 1.82) is 0 Å². The third-order valence-corrected chi connectivity index (χ3v) is 4.81. The molecule has 1 aliphatic carbocycles. The Hall–Kier alpha value is -1.25. The molecular weight excluding hydrogens is 284 g/mol. The second-order valence-corrected chi connectivity index (χ2v) is 7.56. The summed E-state index contributed by atoms with van der Waals surface area (Å²) in [5, 5.41) is 3.11. The Kier molecular flexibility index (Phi) is 7.87. The number of amides is 2. The summed E-state index contributed by atoms with van der Waals surface area (Å²) in [6, 6.07) is 0.116. The molecule has 1 rings (SSSR count). The fourth-order valence-corrected chi connectivity index (χ4v) is 3.45. The summed E-state index contributed by atoms with van der Waals surface area (Å²) in [7, 11) is 0. The molecule has 3 heteroatoms.